The molecule has 1 N–H and O–H groups in total. The van der Waals surface area contributed by atoms with E-state index in [1.165, 1.54) is 37.9 Å². The average Bonchev–Trinajstić information content (AvgIpc) is 3.27. The largest absolute Gasteiger partial charge is 0.496 e. The first kappa shape index (κ1) is 24.4. The Morgan fingerprint density at radius 2 is 1.88 bits per heavy atom. The SMILES string of the molecule is CCNC(=O)c1cc(S(=O)(=O)N(C)Cc2nc(-c3ccc(C(C)C)cc3)no2)ccc1OC. The number of methoxy groups -OCH3 is 1. The molecule has 3 rings (SSSR count). The van der Waals surface area contributed by atoms with Crippen LogP contribution in [0.4, 0.5) is 0 Å². The fraction of sp³-hybridized carbons (Fsp3) is 0.348. The molecule has 9 nitrogen and oxygen atoms in total. The molecule has 0 bridgehead atoms. The van der Waals surface area contributed by atoms with Crippen molar-refractivity contribution in [1.82, 2.24) is 19.8 Å². The van der Waals surface area contributed by atoms with Crippen LogP contribution in [0.5, 0.6) is 5.75 Å². The Bertz CT molecular complexity index is 1220. The van der Waals surface area contributed by atoms with E-state index in [0.29, 0.717) is 18.3 Å². The monoisotopic (exact) mass is 472 g/mol. The van der Waals surface area contributed by atoms with Crippen LogP contribution in [0.15, 0.2) is 51.9 Å². The number of benzene rings is 2. The first-order valence-electron chi connectivity index (χ1n) is 10.5. The van der Waals surface area contributed by atoms with E-state index in [4.69, 9.17) is 9.26 Å². The number of nitrogens with one attached hydrogen (secondary N) is 1. The summed E-state index contributed by atoms with van der Waals surface area (Å²) >= 11 is 0. The maximum atomic E-state index is 13.1. The van der Waals surface area contributed by atoms with Gasteiger partial charge in [0.1, 0.15) is 5.75 Å². The molecular weight excluding hydrogens is 444 g/mol. The van der Waals surface area contributed by atoms with E-state index in [1.807, 2.05) is 24.3 Å². The van der Waals surface area contributed by atoms with Crippen LogP contribution >= 0.6 is 0 Å². The van der Waals surface area contributed by atoms with E-state index in [9.17, 15) is 13.2 Å². The maximum absolute atomic E-state index is 13.1. The number of aromatic nitrogens is 2. The first-order valence-corrected chi connectivity index (χ1v) is 12.0. The highest BCUT2D eigenvalue weighted by Crippen LogP contribution is 2.25. The molecule has 0 fully saturated rings. The Hall–Kier alpha value is -3.24. The molecule has 0 aliphatic rings. The molecule has 33 heavy (non-hydrogen) atoms. The zero-order chi connectivity index (χ0) is 24.2. The van der Waals surface area contributed by atoms with Gasteiger partial charge in [-0.25, -0.2) is 8.42 Å². The minimum atomic E-state index is -3.93. The molecule has 0 aliphatic heterocycles. The highest BCUT2D eigenvalue weighted by molar-refractivity contribution is 7.89. The zero-order valence-electron chi connectivity index (χ0n) is 19.3. The van der Waals surface area contributed by atoms with Crippen LogP contribution in [-0.4, -0.2) is 49.5 Å². The molecule has 176 valence electrons. The first-order chi connectivity index (χ1) is 15.7. The summed E-state index contributed by atoms with van der Waals surface area (Å²) in [6.07, 6.45) is 0. The molecule has 2 aromatic carbocycles. The fourth-order valence-electron chi connectivity index (χ4n) is 3.19. The lowest BCUT2D eigenvalue weighted by Crippen LogP contribution is -2.28. The molecule has 10 heteroatoms. The van der Waals surface area contributed by atoms with Crippen molar-refractivity contribution in [3.05, 3.63) is 59.5 Å². The molecule has 0 aliphatic carbocycles. The topological polar surface area (TPSA) is 115 Å². The van der Waals surface area contributed by atoms with Crippen LogP contribution in [-0.2, 0) is 16.6 Å². The predicted molar refractivity (Wildman–Crippen MR) is 123 cm³/mol. The number of nitrogens with zero attached hydrogens (tertiary/aromatic N) is 3. The number of hydrogen-bond acceptors (Lipinski definition) is 7. The summed E-state index contributed by atoms with van der Waals surface area (Å²) in [7, 11) is -1.11. The lowest BCUT2D eigenvalue weighted by Gasteiger charge is -2.16. The van der Waals surface area contributed by atoms with E-state index in [-0.39, 0.29) is 28.6 Å². The van der Waals surface area contributed by atoms with Gasteiger partial charge in [0.2, 0.25) is 21.7 Å². The summed E-state index contributed by atoms with van der Waals surface area (Å²) in [6.45, 7) is 6.27. The molecule has 1 amide bonds. The van der Waals surface area contributed by atoms with Gasteiger partial charge in [0.15, 0.2) is 0 Å². The van der Waals surface area contributed by atoms with Crippen molar-refractivity contribution in [3.8, 4) is 17.1 Å². The average molecular weight is 473 g/mol. The molecular formula is C23H28N4O5S. The quantitative estimate of drug-likeness (QED) is 0.507. The van der Waals surface area contributed by atoms with Gasteiger partial charge in [-0.3, -0.25) is 4.79 Å². The highest BCUT2D eigenvalue weighted by atomic mass is 32.2. The standard InChI is InChI=1S/C23H28N4O5S/c1-6-24-23(28)19-13-18(11-12-20(19)31-5)33(29,30)27(4)14-21-25-22(26-32-21)17-9-7-16(8-10-17)15(2)3/h7-13,15H,6,14H2,1-5H3,(H,24,28). The second-order valence-electron chi connectivity index (χ2n) is 7.77. The number of carbonyl (C=O) groups is 1. The van der Waals surface area contributed by atoms with Crippen LogP contribution in [0.25, 0.3) is 11.4 Å². The van der Waals surface area contributed by atoms with Crippen molar-refractivity contribution >= 4 is 15.9 Å². The number of sulfonamides is 1. The number of carbonyl (C=O) groups excluding carboxylic acids is 1. The molecule has 1 aromatic heterocycles. The molecule has 1 heterocycles. The number of amides is 1. The predicted octanol–water partition coefficient (Wildman–Crippen LogP) is 3.44. The van der Waals surface area contributed by atoms with Crippen LogP contribution in [0.3, 0.4) is 0 Å². The molecule has 0 atom stereocenters. The second-order valence-corrected chi connectivity index (χ2v) is 9.82. The van der Waals surface area contributed by atoms with Crippen molar-refractivity contribution in [2.45, 2.75) is 38.1 Å². The second kappa shape index (κ2) is 10.1. The molecule has 0 unspecified atom stereocenters. The summed E-state index contributed by atoms with van der Waals surface area (Å²) in [4.78, 5) is 16.6. The van der Waals surface area contributed by atoms with Gasteiger partial charge in [-0.15, -0.1) is 0 Å². The lowest BCUT2D eigenvalue weighted by molar-refractivity contribution is 0.0952. The van der Waals surface area contributed by atoms with Crippen LogP contribution in [0.1, 0.15) is 48.5 Å². The third-order valence-electron chi connectivity index (χ3n) is 5.12. The fourth-order valence-corrected chi connectivity index (χ4v) is 4.34. The Morgan fingerprint density at radius 1 is 1.18 bits per heavy atom. The number of ether oxygens (including phenoxy) is 1. The van der Waals surface area contributed by atoms with Crippen molar-refractivity contribution in [2.75, 3.05) is 20.7 Å². The molecule has 3 aromatic rings. The molecule has 0 saturated heterocycles. The third-order valence-corrected chi connectivity index (χ3v) is 6.92. The summed E-state index contributed by atoms with van der Waals surface area (Å²) in [5.74, 6) is 0.812. The van der Waals surface area contributed by atoms with Gasteiger partial charge in [-0.2, -0.15) is 9.29 Å². The smallest absolute Gasteiger partial charge is 0.255 e. The summed E-state index contributed by atoms with van der Waals surface area (Å²) in [6, 6.07) is 12.0. The normalized spacial score (nSPS) is 11.7. The van der Waals surface area contributed by atoms with E-state index in [2.05, 4.69) is 29.3 Å². The summed E-state index contributed by atoms with van der Waals surface area (Å²) < 4.78 is 37.8. The van der Waals surface area contributed by atoms with Gasteiger partial charge in [0.25, 0.3) is 5.91 Å². The Labute approximate surface area is 193 Å². The van der Waals surface area contributed by atoms with Gasteiger partial charge >= 0.3 is 0 Å². The van der Waals surface area contributed by atoms with Crippen molar-refractivity contribution in [1.29, 1.82) is 0 Å². The van der Waals surface area contributed by atoms with E-state index < -0.39 is 15.9 Å². The van der Waals surface area contributed by atoms with Gasteiger partial charge in [0.05, 0.1) is 24.1 Å². The number of rotatable bonds is 9. The Balaban J connectivity index is 1.81. The van der Waals surface area contributed by atoms with Crippen molar-refractivity contribution < 1.29 is 22.5 Å². The maximum Gasteiger partial charge on any atom is 0.255 e. The van der Waals surface area contributed by atoms with Crippen LogP contribution in [0.2, 0.25) is 0 Å². The minimum absolute atomic E-state index is 0.0453. The van der Waals surface area contributed by atoms with Crippen LogP contribution < -0.4 is 10.1 Å². The van der Waals surface area contributed by atoms with Crippen LogP contribution in [0, 0.1) is 0 Å². The van der Waals surface area contributed by atoms with Gasteiger partial charge in [0, 0.05) is 19.2 Å². The van der Waals surface area contributed by atoms with Gasteiger partial charge < -0.3 is 14.6 Å². The zero-order valence-corrected chi connectivity index (χ0v) is 20.1. The lowest BCUT2D eigenvalue weighted by atomic mass is 10.0. The van der Waals surface area contributed by atoms with E-state index >= 15 is 0 Å². The van der Waals surface area contributed by atoms with E-state index in [0.717, 1.165) is 9.87 Å². The van der Waals surface area contributed by atoms with Crippen molar-refractivity contribution in [2.24, 2.45) is 0 Å². The van der Waals surface area contributed by atoms with Gasteiger partial charge in [-0.05, 0) is 36.6 Å². The molecule has 0 radical (unpaired) electrons. The molecule has 0 spiro atoms. The number of hydrogen-bond donors (Lipinski definition) is 1. The summed E-state index contributed by atoms with van der Waals surface area (Å²) in [5.41, 5.74) is 2.11. The minimum Gasteiger partial charge on any atom is -0.496 e. The van der Waals surface area contributed by atoms with Crippen molar-refractivity contribution in [3.63, 3.8) is 0 Å². The highest BCUT2D eigenvalue weighted by Gasteiger charge is 2.25. The Morgan fingerprint density at radius 3 is 2.48 bits per heavy atom. The van der Waals surface area contributed by atoms with E-state index in [1.54, 1.807) is 6.92 Å². The third kappa shape index (κ3) is 5.40. The van der Waals surface area contributed by atoms with Gasteiger partial charge in [-0.1, -0.05) is 43.3 Å². The summed E-state index contributed by atoms with van der Waals surface area (Å²) in [5, 5.41) is 6.62. The Kier molecular flexibility index (Phi) is 7.50. The molecule has 0 saturated carbocycles.